The van der Waals surface area contributed by atoms with Crippen LogP contribution in [0.15, 0.2) is 34.9 Å². The fraction of sp³-hybridized carbons (Fsp3) is 0.500. The zero-order chi connectivity index (χ0) is 13.9. The summed E-state index contributed by atoms with van der Waals surface area (Å²) in [4.78, 5) is 0. The summed E-state index contributed by atoms with van der Waals surface area (Å²) in [5, 5.41) is 4.57. The standard InChI is InChI=1S/C16H23NO2/c1-16(2,18-4)10-9-14(17-3)13-11-19-15-8-6-5-7-12(13)15/h5-8,11,14,17H,9-10H2,1-4H3. The highest BCUT2D eigenvalue weighted by atomic mass is 16.5. The molecule has 0 bridgehead atoms. The van der Waals surface area contributed by atoms with Crippen LogP contribution < -0.4 is 5.32 Å². The molecule has 1 aromatic carbocycles. The van der Waals surface area contributed by atoms with Crippen LogP contribution in [0.25, 0.3) is 11.0 Å². The normalized spacial score (nSPS) is 13.9. The van der Waals surface area contributed by atoms with Crippen LogP contribution in [-0.4, -0.2) is 19.8 Å². The maximum atomic E-state index is 5.62. The molecule has 0 fully saturated rings. The monoisotopic (exact) mass is 261 g/mol. The zero-order valence-electron chi connectivity index (χ0n) is 12.2. The largest absolute Gasteiger partial charge is 0.464 e. The van der Waals surface area contributed by atoms with Gasteiger partial charge in [0.2, 0.25) is 0 Å². The Bertz CT molecular complexity index is 530. The summed E-state index contributed by atoms with van der Waals surface area (Å²) in [6, 6.07) is 8.45. The van der Waals surface area contributed by atoms with Gasteiger partial charge in [0.15, 0.2) is 0 Å². The lowest BCUT2D eigenvalue weighted by Crippen LogP contribution is -2.25. The molecule has 1 atom stereocenters. The van der Waals surface area contributed by atoms with Crippen molar-refractivity contribution in [2.24, 2.45) is 0 Å². The van der Waals surface area contributed by atoms with Gasteiger partial charge < -0.3 is 14.5 Å². The Morgan fingerprint density at radius 3 is 2.74 bits per heavy atom. The maximum absolute atomic E-state index is 5.62. The maximum Gasteiger partial charge on any atom is 0.134 e. The van der Waals surface area contributed by atoms with Crippen molar-refractivity contribution in [1.29, 1.82) is 0 Å². The molecule has 0 saturated heterocycles. The van der Waals surface area contributed by atoms with E-state index in [9.17, 15) is 0 Å². The van der Waals surface area contributed by atoms with Crippen molar-refractivity contribution >= 4 is 11.0 Å². The Balaban J connectivity index is 2.18. The van der Waals surface area contributed by atoms with Gasteiger partial charge in [0.1, 0.15) is 5.58 Å². The van der Waals surface area contributed by atoms with Crippen molar-refractivity contribution in [2.75, 3.05) is 14.2 Å². The number of furan rings is 1. The van der Waals surface area contributed by atoms with Crippen LogP contribution in [0, 0.1) is 0 Å². The van der Waals surface area contributed by atoms with E-state index in [-0.39, 0.29) is 11.6 Å². The van der Waals surface area contributed by atoms with Crippen LogP contribution >= 0.6 is 0 Å². The van der Waals surface area contributed by atoms with E-state index in [4.69, 9.17) is 9.15 Å². The topological polar surface area (TPSA) is 34.4 Å². The van der Waals surface area contributed by atoms with Gasteiger partial charge in [-0.25, -0.2) is 0 Å². The van der Waals surface area contributed by atoms with E-state index in [0.717, 1.165) is 18.4 Å². The van der Waals surface area contributed by atoms with Gasteiger partial charge in [-0.2, -0.15) is 0 Å². The summed E-state index contributed by atoms with van der Waals surface area (Å²) >= 11 is 0. The molecule has 0 aliphatic rings. The number of methoxy groups -OCH3 is 1. The number of ether oxygens (including phenoxy) is 1. The SMILES string of the molecule is CNC(CCC(C)(C)OC)c1coc2ccccc12. The number of para-hydroxylation sites is 1. The van der Waals surface area contributed by atoms with E-state index in [0.29, 0.717) is 0 Å². The molecule has 2 aromatic rings. The Morgan fingerprint density at radius 2 is 2.05 bits per heavy atom. The first-order chi connectivity index (χ1) is 9.07. The lowest BCUT2D eigenvalue weighted by atomic mass is 9.95. The smallest absolute Gasteiger partial charge is 0.134 e. The second kappa shape index (κ2) is 5.76. The molecule has 1 heterocycles. The molecule has 3 heteroatoms. The molecule has 19 heavy (non-hydrogen) atoms. The number of rotatable bonds is 6. The number of hydrogen-bond acceptors (Lipinski definition) is 3. The molecule has 3 nitrogen and oxygen atoms in total. The van der Waals surface area contributed by atoms with Crippen molar-refractivity contribution in [3.8, 4) is 0 Å². The lowest BCUT2D eigenvalue weighted by Gasteiger charge is -2.25. The Morgan fingerprint density at radius 1 is 1.32 bits per heavy atom. The average Bonchev–Trinajstić information content (AvgIpc) is 2.84. The predicted octanol–water partition coefficient (Wildman–Crippen LogP) is 3.90. The third-order valence-corrected chi connectivity index (χ3v) is 3.82. The van der Waals surface area contributed by atoms with Crippen molar-refractivity contribution in [3.63, 3.8) is 0 Å². The first-order valence-corrected chi connectivity index (χ1v) is 6.76. The fourth-order valence-corrected chi connectivity index (χ4v) is 2.32. The second-order valence-electron chi connectivity index (χ2n) is 5.53. The highest BCUT2D eigenvalue weighted by molar-refractivity contribution is 5.81. The van der Waals surface area contributed by atoms with Crippen molar-refractivity contribution < 1.29 is 9.15 Å². The van der Waals surface area contributed by atoms with Gasteiger partial charge in [-0.3, -0.25) is 0 Å². The molecule has 0 saturated carbocycles. The van der Waals surface area contributed by atoms with Gasteiger partial charge in [-0.15, -0.1) is 0 Å². The van der Waals surface area contributed by atoms with Crippen LogP contribution in [-0.2, 0) is 4.74 Å². The lowest BCUT2D eigenvalue weighted by molar-refractivity contribution is 0.0118. The summed E-state index contributed by atoms with van der Waals surface area (Å²) < 4.78 is 11.1. The highest BCUT2D eigenvalue weighted by Crippen LogP contribution is 2.30. The van der Waals surface area contributed by atoms with E-state index in [2.05, 4.69) is 25.2 Å². The molecule has 0 radical (unpaired) electrons. The third kappa shape index (κ3) is 3.17. The first-order valence-electron chi connectivity index (χ1n) is 6.76. The van der Waals surface area contributed by atoms with Crippen LogP contribution in [0.5, 0.6) is 0 Å². The van der Waals surface area contributed by atoms with Gasteiger partial charge in [0.05, 0.1) is 11.9 Å². The van der Waals surface area contributed by atoms with Crippen molar-refractivity contribution in [2.45, 2.75) is 38.3 Å². The average molecular weight is 261 g/mol. The molecule has 0 amide bonds. The van der Waals surface area contributed by atoms with E-state index >= 15 is 0 Å². The molecule has 1 N–H and O–H groups in total. The molecular weight excluding hydrogens is 238 g/mol. The van der Waals surface area contributed by atoms with Gasteiger partial charge in [-0.05, 0) is 39.8 Å². The number of fused-ring (bicyclic) bond motifs is 1. The molecule has 0 aliphatic heterocycles. The Labute approximate surface area is 114 Å². The number of hydrogen-bond donors (Lipinski definition) is 1. The molecule has 0 spiro atoms. The van der Waals surface area contributed by atoms with Crippen LogP contribution in [0.2, 0.25) is 0 Å². The molecule has 104 valence electrons. The number of nitrogens with one attached hydrogen (secondary N) is 1. The molecule has 1 aromatic heterocycles. The molecular formula is C16H23NO2. The predicted molar refractivity (Wildman–Crippen MR) is 78.3 cm³/mol. The zero-order valence-corrected chi connectivity index (χ0v) is 12.2. The summed E-state index contributed by atoms with van der Waals surface area (Å²) in [5.74, 6) is 0. The quantitative estimate of drug-likeness (QED) is 0.856. The summed E-state index contributed by atoms with van der Waals surface area (Å²) in [5.41, 5.74) is 2.09. The van der Waals surface area contributed by atoms with Gasteiger partial charge in [0.25, 0.3) is 0 Å². The van der Waals surface area contributed by atoms with Gasteiger partial charge in [0, 0.05) is 24.1 Å². The molecule has 0 aliphatic carbocycles. The minimum atomic E-state index is -0.0887. The summed E-state index contributed by atoms with van der Waals surface area (Å²) in [6.07, 6.45) is 3.88. The summed E-state index contributed by atoms with van der Waals surface area (Å²) in [7, 11) is 3.76. The minimum absolute atomic E-state index is 0.0887. The first kappa shape index (κ1) is 14.1. The minimum Gasteiger partial charge on any atom is -0.464 e. The van der Waals surface area contributed by atoms with E-state index < -0.39 is 0 Å². The van der Waals surface area contributed by atoms with Crippen molar-refractivity contribution in [1.82, 2.24) is 5.32 Å². The van der Waals surface area contributed by atoms with E-state index in [1.54, 1.807) is 7.11 Å². The van der Waals surface area contributed by atoms with E-state index in [1.165, 1.54) is 10.9 Å². The summed E-state index contributed by atoms with van der Waals surface area (Å²) in [6.45, 7) is 4.24. The second-order valence-corrected chi connectivity index (χ2v) is 5.53. The van der Waals surface area contributed by atoms with Gasteiger partial charge >= 0.3 is 0 Å². The molecule has 2 rings (SSSR count). The van der Waals surface area contributed by atoms with Crippen molar-refractivity contribution in [3.05, 3.63) is 36.1 Å². The number of benzene rings is 1. The highest BCUT2D eigenvalue weighted by Gasteiger charge is 2.21. The van der Waals surface area contributed by atoms with Crippen LogP contribution in [0.1, 0.15) is 38.3 Å². The Kier molecular flexibility index (Phi) is 4.27. The van der Waals surface area contributed by atoms with E-state index in [1.807, 2.05) is 31.5 Å². The van der Waals surface area contributed by atoms with Crippen LogP contribution in [0.4, 0.5) is 0 Å². The third-order valence-electron chi connectivity index (χ3n) is 3.82. The van der Waals surface area contributed by atoms with Gasteiger partial charge in [-0.1, -0.05) is 18.2 Å². The fourth-order valence-electron chi connectivity index (χ4n) is 2.32. The molecule has 1 unspecified atom stereocenters. The van der Waals surface area contributed by atoms with Crippen LogP contribution in [0.3, 0.4) is 0 Å². The Hall–Kier alpha value is -1.32.